The number of rotatable bonds is 3. The molecule has 1 unspecified atom stereocenters. The molecule has 1 amide bonds. The molecule has 3 heterocycles. The molecule has 0 spiro atoms. The largest absolute Gasteiger partial charge is 0.340 e. The van der Waals surface area contributed by atoms with Crippen molar-refractivity contribution in [1.29, 1.82) is 0 Å². The zero-order valence-electron chi connectivity index (χ0n) is 14.4. The van der Waals surface area contributed by atoms with E-state index in [2.05, 4.69) is 11.9 Å². The zero-order valence-corrected chi connectivity index (χ0v) is 14.4. The fraction of sp³-hybridized carbons (Fsp3) is 0.625. The molecule has 1 saturated heterocycles. The normalized spacial score (nSPS) is 18.3. The van der Waals surface area contributed by atoms with E-state index in [9.17, 15) is 14.4 Å². The van der Waals surface area contributed by atoms with Crippen LogP contribution in [0.4, 0.5) is 0 Å². The van der Waals surface area contributed by atoms with Crippen LogP contribution in [0.2, 0.25) is 0 Å². The smallest absolute Gasteiger partial charge is 0.332 e. The van der Waals surface area contributed by atoms with Gasteiger partial charge in [0.1, 0.15) is 0 Å². The number of carbonyl (C=O) groups excluding carboxylic acids is 1. The van der Waals surface area contributed by atoms with Crippen molar-refractivity contribution in [1.82, 2.24) is 23.6 Å². The van der Waals surface area contributed by atoms with E-state index in [4.69, 9.17) is 0 Å². The molecule has 1 aliphatic rings. The van der Waals surface area contributed by atoms with E-state index >= 15 is 0 Å². The zero-order chi connectivity index (χ0) is 17.4. The number of aromatic nitrogens is 4. The second-order valence-electron chi connectivity index (χ2n) is 6.50. The Hall–Kier alpha value is -2.38. The topological polar surface area (TPSA) is 82.1 Å². The highest BCUT2D eigenvalue weighted by Gasteiger charge is 2.23. The van der Waals surface area contributed by atoms with Crippen LogP contribution >= 0.6 is 0 Å². The molecule has 1 fully saturated rings. The molecule has 0 bridgehead atoms. The fourth-order valence-corrected chi connectivity index (χ4v) is 3.39. The molecule has 1 atom stereocenters. The Morgan fingerprint density at radius 1 is 1.25 bits per heavy atom. The molecule has 0 aliphatic carbocycles. The van der Waals surface area contributed by atoms with Gasteiger partial charge in [0.25, 0.3) is 5.56 Å². The number of amides is 1. The summed E-state index contributed by atoms with van der Waals surface area (Å²) in [6.45, 7) is 3.27. The Bertz CT molecular complexity index is 891. The molecule has 0 N–H and O–H groups in total. The first-order valence-electron chi connectivity index (χ1n) is 8.32. The molecule has 24 heavy (non-hydrogen) atoms. The quantitative estimate of drug-likeness (QED) is 0.805. The molecule has 2 aromatic rings. The monoisotopic (exact) mass is 333 g/mol. The lowest BCUT2D eigenvalue weighted by Gasteiger charge is -2.33. The molecule has 0 radical (unpaired) electrons. The van der Waals surface area contributed by atoms with Gasteiger partial charge in [0.05, 0.1) is 6.33 Å². The maximum atomic E-state index is 12.5. The van der Waals surface area contributed by atoms with Crippen molar-refractivity contribution >= 4 is 17.1 Å². The van der Waals surface area contributed by atoms with Gasteiger partial charge in [-0.2, -0.15) is 0 Å². The molecular weight excluding hydrogens is 310 g/mol. The number of piperidine rings is 1. The van der Waals surface area contributed by atoms with E-state index in [0.29, 0.717) is 24.1 Å². The predicted octanol–water partition coefficient (Wildman–Crippen LogP) is 0.225. The average molecular weight is 333 g/mol. The molecule has 8 nitrogen and oxygen atoms in total. The van der Waals surface area contributed by atoms with Gasteiger partial charge in [-0.05, 0) is 26.2 Å². The van der Waals surface area contributed by atoms with Crippen LogP contribution in [0.25, 0.3) is 11.2 Å². The SMILES string of the molecule is CC1CCCCN1C(=O)CCn1cnc2c1c(=O)n(C)c(=O)n2C. The summed E-state index contributed by atoms with van der Waals surface area (Å²) in [7, 11) is 3.03. The standard InChI is InChI=1S/C16H23N5O3/c1-11-6-4-5-8-21(11)12(22)7-9-20-10-17-14-13(20)15(23)19(3)16(24)18(14)2/h10-11H,4-9H2,1-3H3. The molecular formula is C16H23N5O3. The Balaban J connectivity index is 1.85. The second-order valence-corrected chi connectivity index (χ2v) is 6.50. The summed E-state index contributed by atoms with van der Waals surface area (Å²) < 4.78 is 4.08. The van der Waals surface area contributed by atoms with Crippen molar-refractivity contribution in [2.24, 2.45) is 14.1 Å². The van der Waals surface area contributed by atoms with Crippen molar-refractivity contribution in [2.75, 3.05) is 6.54 Å². The number of nitrogens with zero attached hydrogens (tertiary/aromatic N) is 5. The van der Waals surface area contributed by atoms with Gasteiger partial charge in [0.2, 0.25) is 5.91 Å². The lowest BCUT2D eigenvalue weighted by atomic mass is 10.0. The number of fused-ring (bicyclic) bond motifs is 1. The highest BCUT2D eigenvalue weighted by molar-refractivity contribution is 5.77. The van der Waals surface area contributed by atoms with Crippen LogP contribution in [0, 0.1) is 0 Å². The van der Waals surface area contributed by atoms with Crippen LogP contribution in [0.3, 0.4) is 0 Å². The Morgan fingerprint density at radius 2 is 2.00 bits per heavy atom. The van der Waals surface area contributed by atoms with Gasteiger partial charge in [0, 0.05) is 39.6 Å². The van der Waals surface area contributed by atoms with E-state index in [1.165, 1.54) is 24.4 Å². The van der Waals surface area contributed by atoms with Crippen molar-refractivity contribution in [3.05, 3.63) is 27.2 Å². The van der Waals surface area contributed by atoms with Crippen molar-refractivity contribution in [3.8, 4) is 0 Å². The Labute approximate surface area is 139 Å². The average Bonchev–Trinajstić information content (AvgIpc) is 3.00. The van der Waals surface area contributed by atoms with Gasteiger partial charge in [-0.3, -0.25) is 18.7 Å². The van der Waals surface area contributed by atoms with E-state index in [1.54, 1.807) is 11.6 Å². The third kappa shape index (κ3) is 2.65. The molecule has 8 heteroatoms. The van der Waals surface area contributed by atoms with Crippen LogP contribution in [0.1, 0.15) is 32.6 Å². The van der Waals surface area contributed by atoms with Crippen LogP contribution in [0.15, 0.2) is 15.9 Å². The van der Waals surface area contributed by atoms with E-state index < -0.39 is 5.69 Å². The molecule has 3 rings (SSSR count). The van der Waals surface area contributed by atoms with E-state index in [0.717, 1.165) is 24.0 Å². The van der Waals surface area contributed by atoms with Crippen LogP contribution in [0.5, 0.6) is 0 Å². The molecule has 0 saturated carbocycles. The number of imidazole rings is 1. The summed E-state index contributed by atoms with van der Waals surface area (Å²) in [5, 5.41) is 0. The maximum Gasteiger partial charge on any atom is 0.332 e. The molecule has 130 valence electrons. The number of hydrogen-bond acceptors (Lipinski definition) is 4. The van der Waals surface area contributed by atoms with E-state index in [-0.39, 0.29) is 17.5 Å². The number of carbonyl (C=O) groups is 1. The van der Waals surface area contributed by atoms with Gasteiger partial charge in [-0.25, -0.2) is 9.78 Å². The van der Waals surface area contributed by atoms with Crippen molar-refractivity contribution in [2.45, 2.75) is 45.2 Å². The molecule has 0 aromatic carbocycles. The highest BCUT2D eigenvalue weighted by atomic mass is 16.2. The number of hydrogen-bond donors (Lipinski definition) is 0. The second kappa shape index (κ2) is 6.26. The summed E-state index contributed by atoms with van der Waals surface area (Å²) in [4.78, 5) is 42.9. The van der Waals surface area contributed by atoms with Gasteiger partial charge in [-0.1, -0.05) is 0 Å². The maximum absolute atomic E-state index is 12.5. The summed E-state index contributed by atoms with van der Waals surface area (Å²) in [5.41, 5.74) is -0.0821. The summed E-state index contributed by atoms with van der Waals surface area (Å²) >= 11 is 0. The van der Waals surface area contributed by atoms with E-state index in [1.807, 2.05) is 4.90 Å². The van der Waals surface area contributed by atoms with Crippen molar-refractivity contribution < 1.29 is 4.79 Å². The van der Waals surface area contributed by atoms with Gasteiger partial charge in [-0.15, -0.1) is 0 Å². The summed E-state index contributed by atoms with van der Waals surface area (Å²) in [6.07, 6.45) is 5.11. The minimum Gasteiger partial charge on any atom is -0.340 e. The minimum atomic E-state index is -0.407. The lowest BCUT2D eigenvalue weighted by Crippen LogP contribution is -2.42. The van der Waals surface area contributed by atoms with Crippen LogP contribution in [-0.4, -0.2) is 42.1 Å². The summed E-state index contributed by atoms with van der Waals surface area (Å²) in [5.74, 6) is 0.102. The first-order chi connectivity index (χ1) is 11.4. The minimum absolute atomic E-state index is 0.102. The molecule has 2 aromatic heterocycles. The van der Waals surface area contributed by atoms with Crippen molar-refractivity contribution in [3.63, 3.8) is 0 Å². The van der Waals surface area contributed by atoms with Gasteiger partial charge < -0.3 is 9.47 Å². The molecule has 1 aliphatic heterocycles. The summed E-state index contributed by atoms with van der Waals surface area (Å²) in [6, 6.07) is 0.277. The number of aryl methyl sites for hydroxylation is 2. The predicted molar refractivity (Wildman–Crippen MR) is 89.9 cm³/mol. The van der Waals surface area contributed by atoms with Crippen LogP contribution in [-0.2, 0) is 25.4 Å². The first-order valence-corrected chi connectivity index (χ1v) is 8.32. The Kier molecular flexibility index (Phi) is 4.29. The highest BCUT2D eigenvalue weighted by Crippen LogP contribution is 2.17. The fourth-order valence-electron chi connectivity index (χ4n) is 3.39. The number of likely N-dealkylation sites (tertiary alicyclic amines) is 1. The Morgan fingerprint density at radius 3 is 2.71 bits per heavy atom. The first kappa shape index (κ1) is 16.5. The van der Waals surface area contributed by atoms with Gasteiger partial charge in [0.15, 0.2) is 11.2 Å². The third-order valence-corrected chi connectivity index (χ3v) is 4.91. The third-order valence-electron chi connectivity index (χ3n) is 4.91. The van der Waals surface area contributed by atoms with Gasteiger partial charge >= 0.3 is 5.69 Å². The van der Waals surface area contributed by atoms with Crippen LogP contribution < -0.4 is 11.2 Å². The lowest BCUT2D eigenvalue weighted by molar-refractivity contribution is -0.134.